The molecule has 1 aromatic carbocycles. The van der Waals surface area contributed by atoms with Crippen molar-refractivity contribution in [3.8, 4) is 11.3 Å². The second kappa shape index (κ2) is 3.75. The molecule has 0 unspecified atom stereocenters. The Morgan fingerprint density at radius 2 is 2.00 bits per heavy atom. The molecule has 0 radical (unpaired) electrons. The maximum Gasteiger partial charge on any atom is 0.371 e. The first kappa shape index (κ1) is 10.1. The molecule has 0 fully saturated rings. The van der Waals surface area contributed by atoms with Crippen molar-refractivity contribution in [2.45, 2.75) is 0 Å². The summed E-state index contributed by atoms with van der Waals surface area (Å²) in [4.78, 5) is 10.8. The maximum atomic E-state index is 10.8. The summed E-state index contributed by atoms with van der Waals surface area (Å²) in [6, 6.07) is 11.1. The minimum absolute atomic E-state index is 0.0321. The first-order chi connectivity index (χ1) is 8.25. The minimum Gasteiger partial charge on any atom is -0.475 e. The van der Waals surface area contributed by atoms with Gasteiger partial charge in [-0.25, -0.2) is 4.79 Å². The average molecular weight is 244 g/mol. The lowest BCUT2D eigenvalue weighted by molar-refractivity contribution is 0.0663. The summed E-state index contributed by atoms with van der Waals surface area (Å²) in [5.41, 5.74) is 0.943. The molecule has 0 aliphatic heterocycles. The zero-order valence-corrected chi connectivity index (χ0v) is 9.53. The summed E-state index contributed by atoms with van der Waals surface area (Å²) in [6.07, 6.45) is 0. The summed E-state index contributed by atoms with van der Waals surface area (Å²) >= 11 is 1.62. The van der Waals surface area contributed by atoms with Gasteiger partial charge in [0.25, 0.3) is 0 Å². The van der Waals surface area contributed by atoms with Gasteiger partial charge in [-0.1, -0.05) is 18.2 Å². The second-order valence-electron chi connectivity index (χ2n) is 3.61. The standard InChI is InChI=1S/C13H8O3S/c14-13(15)11-6-5-10(16-11)9-7-17-12-4-2-1-3-8(9)12/h1-7H,(H,14,15). The van der Waals surface area contributed by atoms with Gasteiger partial charge in [-0.2, -0.15) is 0 Å². The van der Waals surface area contributed by atoms with E-state index in [0.717, 1.165) is 15.6 Å². The predicted octanol–water partition coefficient (Wildman–Crippen LogP) is 3.86. The molecular weight excluding hydrogens is 236 g/mol. The SMILES string of the molecule is O=C(O)c1ccc(-c2csc3ccccc23)o1. The fraction of sp³-hybridized carbons (Fsp3) is 0. The quantitative estimate of drug-likeness (QED) is 0.744. The molecule has 0 aliphatic rings. The molecule has 3 aromatic rings. The van der Waals surface area contributed by atoms with Crippen LogP contribution in [0.25, 0.3) is 21.4 Å². The van der Waals surface area contributed by atoms with E-state index in [1.54, 1.807) is 17.4 Å². The fourth-order valence-corrected chi connectivity index (χ4v) is 2.72. The van der Waals surface area contributed by atoms with E-state index in [-0.39, 0.29) is 5.76 Å². The van der Waals surface area contributed by atoms with E-state index in [2.05, 4.69) is 0 Å². The van der Waals surface area contributed by atoms with Crippen molar-refractivity contribution >= 4 is 27.4 Å². The lowest BCUT2D eigenvalue weighted by atomic mass is 10.1. The molecule has 0 saturated carbocycles. The number of hydrogen-bond donors (Lipinski definition) is 1. The van der Waals surface area contributed by atoms with Crippen molar-refractivity contribution in [2.24, 2.45) is 0 Å². The molecule has 17 heavy (non-hydrogen) atoms. The number of hydrogen-bond acceptors (Lipinski definition) is 3. The number of carboxylic acid groups (broad SMARTS) is 1. The van der Waals surface area contributed by atoms with Gasteiger partial charge < -0.3 is 9.52 Å². The van der Waals surface area contributed by atoms with Crippen LogP contribution >= 0.6 is 11.3 Å². The van der Waals surface area contributed by atoms with Crippen LogP contribution in [0.15, 0.2) is 46.2 Å². The van der Waals surface area contributed by atoms with Crippen LogP contribution in [-0.2, 0) is 0 Å². The van der Waals surface area contributed by atoms with Crippen LogP contribution in [0, 0.1) is 0 Å². The largest absolute Gasteiger partial charge is 0.475 e. The smallest absolute Gasteiger partial charge is 0.371 e. The molecule has 2 aromatic heterocycles. The Morgan fingerprint density at radius 1 is 1.18 bits per heavy atom. The van der Waals surface area contributed by atoms with Gasteiger partial charge in [0.1, 0.15) is 5.76 Å². The van der Waals surface area contributed by atoms with Gasteiger partial charge >= 0.3 is 5.97 Å². The van der Waals surface area contributed by atoms with Crippen molar-refractivity contribution < 1.29 is 14.3 Å². The van der Waals surface area contributed by atoms with Gasteiger partial charge in [0.15, 0.2) is 0 Å². The Labute approximate surface area is 101 Å². The van der Waals surface area contributed by atoms with Crippen LogP contribution < -0.4 is 0 Å². The predicted molar refractivity (Wildman–Crippen MR) is 66.5 cm³/mol. The normalized spacial score (nSPS) is 10.8. The summed E-state index contributed by atoms with van der Waals surface area (Å²) in [5.74, 6) is -0.481. The van der Waals surface area contributed by atoms with Crippen molar-refractivity contribution in [2.75, 3.05) is 0 Å². The van der Waals surface area contributed by atoms with E-state index in [1.807, 2.05) is 29.6 Å². The van der Waals surface area contributed by atoms with E-state index in [1.165, 1.54) is 6.07 Å². The van der Waals surface area contributed by atoms with Crippen LogP contribution in [0.4, 0.5) is 0 Å². The van der Waals surface area contributed by atoms with Crippen LogP contribution in [0.1, 0.15) is 10.6 Å². The highest BCUT2D eigenvalue weighted by Crippen LogP contribution is 2.34. The summed E-state index contributed by atoms with van der Waals surface area (Å²) < 4.78 is 6.47. The van der Waals surface area contributed by atoms with Crippen molar-refractivity contribution in [3.63, 3.8) is 0 Å². The number of fused-ring (bicyclic) bond motifs is 1. The van der Waals surface area contributed by atoms with Gasteiger partial charge in [-0.05, 0) is 18.2 Å². The van der Waals surface area contributed by atoms with Gasteiger partial charge in [-0.3, -0.25) is 0 Å². The minimum atomic E-state index is -1.05. The lowest BCUT2D eigenvalue weighted by Crippen LogP contribution is -1.91. The first-order valence-corrected chi connectivity index (χ1v) is 5.93. The molecule has 0 atom stereocenters. The second-order valence-corrected chi connectivity index (χ2v) is 4.53. The Balaban J connectivity index is 2.17. The highest BCUT2D eigenvalue weighted by Gasteiger charge is 2.13. The number of thiophene rings is 1. The van der Waals surface area contributed by atoms with E-state index >= 15 is 0 Å². The van der Waals surface area contributed by atoms with Crippen LogP contribution in [-0.4, -0.2) is 11.1 Å². The van der Waals surface area contributed by atoms with E-state index in [9.17, 15) is 4.79 Å². The van der Waals surface area contributed by atoms with Crippen LogP contribution in [0.5, 0.6) is 0 Å². The summed E-state index contributed by atoms with van der Waals surface area (Å²) in [6.45, 7) is 0. The summed E-state index contributed by atoms with van der Waals surface area (Å²) in [7, 11) is 0. The number of rotatable bonds is 2. The monoisotopic (exact) mass is 244 g/mol. The van der Waals surface area contributed by atoms with Gasteiger partial charge in [0.2, 0.25) is 5.76 Å². The first-order valence-electron chi connectivity index (χ1n) is 5.05. The Kier molecular flexibility index (Phi) is 2.23. The highest BCUT2D eigenvalue weighted by atomic mass is 32.1. The molecule has 3 nitrogen and oxygen atoms in total. The highest BCUT2D eigenvalue weighted by molar-refractivity contribution is 7.17. The van der Waals surface area contributed by atoms with Gasteiger partial charge in [0, 0.05) is 21.0 Å². The third-order valence-electron chi connectivity index (χ3n) is 2.56. The molecule has 2 heterocycles. The van der Waals surface area contributed by atoms with Gasteiger partial charge in [-0.15, -0.1) is 11.3 Å². The number of carbonyl (C=O) groups is 1. The maximum absolute atomic E-state index is 10.8. The molecular formula is C13H8O3S. The zero-order chi connectivity index (χ0) is 11.8. The Morgan fingerprint density at radius 3 is 2.76 bits per heavy atom. The summed E-state index contributed by atoms with van der Waals surface area (Å²) in [5, 5.41) is 11.9. The lowest BCUT2D eigenvalue weighted by Gasteiger charge is -1.94. The van der Waals surface area contributed by atoms with E-state index in [4.69, 9.17) is 9.52 Å². The molecule has 0 aliphatic carbocycles. The molecule has 0 spiro atoms. The Hall–Kier alpha value is -2.07. The van der Waals surface area contributed by atoms with Gasteiger partial charge in [0.05, 0.1) is 0 Å². The van der Waals surface area contributed by atoms with Crippen molar-refractivity contribution in [1.29, 1.82) is 0 Å². The zero-order valence-electron chi connectivity index (χ0n) is 8.71. The topological polar surface area (TPSA) is 50.4 Å². The molecule has 1 N–H and O–H groups in total. The molecule has 0 saturated heterocycles. The molecule has 3 rings (SSSR count). The Bertz CT molecular complexity index is 693. The molecule has 0 bridgehead atoms. The van der Waals surface area contributed by atoms with Crippen LogP contribution in [0.2, 0.25) is 0 Å². The number of benzene rings is 1. The molecule has 84 valence electrons. The number of aromatic carboxylic acids is 1. The third-order valence-corrected chi connectivity index (χ3v) is 3.53. The molecule has 0 amide bonds. The van der Waals surface area contributed by atoms with Crippen molar-refractivity contribution in [3.05, 3.63) is 47.5 Å². The molecule has 4 heteroatoms. The number of furan rings is 1. The fourth-order valence-electron chi connectivity index (χ4n) is 1.77. The van der Waals surface area contributed by atoms with Crippen molar-refractivity contribution in [1.82, 2.24) is 0 Å². The van der Waals surface area contributed by atoms with Crippen LogP contribution in [0.3, 0.4) is 0 Å². The van der Waals surface area contributed by atoms with E-state index in [0.29, 0.717) is 5.76 Å². The number of carboxylic acids is 1. The van der Waals surface area contributed by atoms with E-state index < -0.39 is 5.97 Å². The third kappa shape index (κ3) is 1.62. The average Bonchev–Trinajstić information content (AvgIpc) is 2.95.